The molecular weight excluding hydrogens is 322 g/mol. The molecule has 3 nitrogen and oxygen atoms in total. The van der Waals surface area contributed by atoms with Gasteiger partial charge in [-0.05, 0) is 48.6 Å². The van der Waals surface area contributed by atoms with Crippen LogP contribution in [0.5, 0.6) is 0 Å². The lowest BCUT2D eigenvalue weighted by Crippen LogP contribution is -2.35. The smallest absolute Gasteiger partial charge is 0.233 e. The number of benzene rings is 2. The van der Waals surface area contributed by atoms with Gasteiger partial charge in [0.1, 0.15) is 0 Å². The Morgan fingerprint density at radius 1 is 0.846 bits per heavy atom. The zero-order valence-electron chi connectivity index (χ0n) is 14.9. The minimum absolute atomic E-state index is 0.0597. The highest BCUT2D eigenvalue weighted by Gasteiger charge is 2.64. The topological polar surface area (TPSA) is 37.4 Å². The van der Waals surface area contributed by atoms with Gasteiger partial charge in [-0.1, -0.05) is 60.7 Å². The van der Waals surface area contributed by atoms with E-state index in [1.807, 2.05) is 43.3 Å². The Hall–Kier alpha value is -2.42. The minimum atomic E-state index is -0.184. The van der Waals surface area contributed by atoms with Crippen molar-refractivity contribution in [1.82, 2.24) is 4.90 Å². The van der Waals surface area contributed by atoms with Crippen molar-refractivity contribution in [3.05, 3.63) is 71.8 Å². The zero-order valence-corrected chi connectivity index (χ0v) is 14.9. The highest BCUT2D eigenvalue weighted by molar-refractivity contribution is 6.06. The molecule has 2 aliphatic carbocycles. The summed E-state index contributed by atoms with van der Waals surface area (Å²) in [5.41, 5.74) is 2.36. The number of rotatable bonds is 3. The van der Waals surface area contributed by atoms with E-state index in [2.05, 4.69) is 24.3 Å². The molecule has 1 saturated heterocycles. The third kappa shape index (κ3) is 2.13. The second kappa shape index (κ2) is 5.80. The van der Waals surface area contributed by atoms with Crippen molar-refractivity contribution in [3.8, 4) is 0 Å². The molecule has 0 radical (unpaired) electrons. The van der Waals surface area contributed by atoms with Gasteiger partial charge in [0.15, 0.2) is 0 Å². The summed E-state index contributed by atoms with van der Waals surface area (Å²) in [7, 11) is 0. The van der Waals surface area contributed by atoms with Crippen molar-refractivity contribution >= 4 is 11.8 Å². The fraction of sp³-hybridized carbons (Fsp3) is 0.391. The van der Waals surface area contributed by atoms with Crippen LogP contribution in [0.1, 0.15) is 42.9 Å². The maximum absolute atomic E-state index is 13.3. The standard InChI is InChI=1S/C23H23NO2/c1-14(15-8-4-2-5-9-15)24-22(25)20-17-12-18(16-10-6-3-7-11-16)19(13-17)21(20)23(24)26/h2-11,14,17-21H,12-13H2,1H3. The van der Waals surface area contributed by atoms with E-state index in [1.54, 1.807) is 4.90 Å². The summed E-state index contributed by atoms with van der Waals surface area (Å²) in [6.07, 6.45) is 2.07. The van der Waals surface area contributed by atoms with Gasteiger partial charge < -0.3 is 0 Å². The molecule has 132 valence electrons. The summed E-state index contributed by atoms with van der Waals surface area (Å²) >= 11 is 0. The summed E-state index contributed by atoms with van der Waals surface area (Å²) in [5, 5.41) is 0. The number of hydrogen-bond acceptors (Lipinski definition) is 2. The molecule has 2 saturated carbocycles. The van der Waals surface area contributed by atoms with Gasteiger partial charge in [0.05, 0.1) is 17.9 Å². The number of likely N-dealkylation sites (tertiary alicyclic amines) is 1. The molecule has 5 rings (SSSR count). The van der Waals surface area contributed by atoms with E-state index in [9.17, 15) is 9.59 Å². The van der Waals surface area contributed by atoms with Crippen LogP contribution in [0.25, 0.3) is 0 Å². The Morgan fingerprint density at radius 2 is 1.46 bits per heavy atom. The van der Waals surface area contributed by atoms with Crippen LogP contribution >= 0.6 is 0 Å². The molecule has 6 atom stereocenters. The molecular formula is C23H23NO2. The Bertz CT molecular complexity index is 847. The Balaban J connectivity index is 1.46. The first-order valence-electron chi connectivity index (χ1n) is 9.63. The van der Waals surface area contributed by atoms with Crippen LogP contribution < -0.4 is 0 Å². The van der Waals surface area contributed by atoms with Crippen LogP contribution in [-0.2, 0) is 9.59 Å². The van der Waals surface area contributed by atoms with E-state index in [4.69, 9.17) is 0 Å². The summed E-state index contributed by atoms with van der Waals surface area (Å²) in [6, 6.07) is 20.2. The van der Waals surface area contributed by atoms with E-state index < -0.39 is 0 Å². The molecule has 0 spiro atoms. The number of hydrogen-bond donors (Lipinski definition) is 0. The molecule has 0 N–H and O–H groups in total. The van der Waals surface area contributed by atoms with Crippen LogP contribution in [0.4, 0.5) is 0 Å². The first-order valence-corrected chi connectivity index (χ1v) is 9.63. The van der Waals surface area contributed by atoms with Gasteiger partial charge in [-0.15, -0.1) is 0 Å². The van der Waals surface area contributed by atoms with E-state index in [0.717, 1.165) is 18.4 Å². The summed E-state index contributed by atoms with van der Waals surface area (Å²) < 4.78 is 0. The largest absolute Gasteiger partial charge is 0.275 e. The van der Waals surface area contributed by atoms with Gasteiger partial charge in [0.2, 0.25) is 11.8 Å². The molecule has 2 aromatic rings. The predicted octanol–water partition coefficient (Wildman–Crippen LogP) is 4.17. The minimum Gasteiger partial charge on any atom is -0.275 e. The van der Waals surface area contributed by atoms with Crippen LogP contribution in [-0.4, -0.2) is 16.7 Å². The summed E-state index contributed by atoms with van der Waals surface area (Å²) in [4.78, 5) is 28.0. The lowest BCUT2D eigenvalue weighted by molar-refractivity contribution is -0.143. The van der Waals surface area contributed by atoms with Gasteiger partial charge in [0, 0.05) is 0 Å². The first kappa shape index (κ1) is 15.8. The first-order chi connectivity index (χ1) is 12.7. The van der Waals surface area contributed by atoms with E-state index in [1.165, 1.54) is 5.56 Å². The normalized spacial score (nSPS) is 33.6. The van der Waals surface area contributed by atoms with Crippen LogP contribution in [0.3, 0.4) is 0 Å². The predicted molar refractivity (Wildman–Crippen MR) is 99.1 cm³/mol. The van der Waals surface area contributed by atoms with E-state index >= 15 is 0 Å². The number of imide groups is 1. The third-order valence-corrected chi connectivity index (χ3v) is 6.95. The lowest BCUT2D eigenvalue weighted by Gasteiger charge is -2.29. The van der Waals surface area contributed by atoms with Crippen LogP contribution in [0.2, 0.25) is 0 Å². The van der Waals surface area contributed by atoms with Crippen molar-refractivity contribution in [3.63, 3.8) is 0 Å². The van der Waals surface area contributed by atoms with Gasteiger partial charge in [-0.25, -0.2) is 0 Å². The average Bonchev–Trinajstić information content (AvgIpc) is 3.34. The second-order valence-electron chi connectivity index (χ2n) is 8.10. The molecule has 2 amide bonds. The molecule has 3 heteroatoms. The fourth-order valence-electron chi connectivity index (χ4n) is 5.83. The Kier molecular flexibility index (Phi) is 3.53. The van der Waals surface area contributed by atoms with Crippen molar-refractivity contribution in [2.75, 3.05) is 0 Å². The quantitative estimate of drug-likeness (QED) is 0.783. The van der Waals surface area contributed by atoms with E-state index in [-0.39, 0.29) is 29.7 Å². The molecule has 1 aliphatic heterocycles. The highest BCUT2D eigenvalue weighted by atomic mass is 16.2. The van der Waals surface area contributed by atoms with Crippen LogP contribution in [0.15, 0.2) is 60.7 Å². The van der Waals surface area contributed by atoms with Crippen LogP contribution in [0, 0.1) is 23.7 Å². The second-order valence-corrected chi connectivity index (χ2v) is 8.10. The van der Waals surface area contributed by atoms with E-state index in [0.29, 0.717) is 17.8 Å². The molecule has 3 fully saturated rings. The van der Waals surface area contributed by atoms with Gasteiger partial charge in [0.25, 0.3) is 0 Å². The monoisotopic (exact) mass is 345 g/mol. The molecule has 3 aliphatic rings. The maximum Gasteiger partial charge on any atom is 0.233 e. The number of amides is 2. The Morgan fingerprint density at radius 3 is 2.15 bits per heavy atom. The van der Waals surface area contributed by atoms with Gasteiger partial charge in [-0.2, -0.15) is 0 Å². The number of fused-ring (bicyclic) bond motifs is 5. The zero-order chi connectivity index (χ0) is 17.8. The molecule has 1 heterocycles. The summed E-state index contributed by atoms with van der Waals surface area (Å²) in [5.74, 6) is 1.03. The Labute approximate surface area is 154 Å². The van der Waals surface area contributed by atoms with Crippen molar-refractivity contribution < 1.29 is 9.59 Å². The van der Waals surface area contributed by atoms with Gasteiger partial charge >= 0.3 is 0 Å². The van der Waals surface area contributed by atoms with Crippen molar-refractivity contribution in [2.24, 2.45) is 23.7 Å². The number of carbonyl (C=O) groups excluding carboxylic acids is 2. The molecule has 26 heavy (non-hydrogen) atoms. The summed E-state index contributed by atoms with van der Waals surface area (Å²) in [6.45, 7) is 1.97. The SMILES string of the molecule is CC(c1ccccc1)N1C(=O)C2C3CC(c4ccccc4)C(C3)C2C1=O. The maximum atomic E-state index is 13.3. The molecule has 2 bridgehead atoms. The number of nitrogens with zero attached hydrogens (tertiary/aromatic N) is 1. The third-order valence-electron chi connectivity index (χ3n) is 6.95. The molecule has 2 aromatic carbocycles. The van der Waals surface area contributed by atoms with Crippen molar-refractivity contribution in [2.45, 2.75) is 31.7 Å². The lowest BCUT2D eigenvalue weighted by atomic mass is 9.73. The molecule has 0 aromatic heterocycles. The number of carbonyl (C=O) groups is 2. The van der Waals surface area contributed by atoms with Gasteiger partial charge in [-0.3, -0.25) is 14.5 Å². The average molecular weight is 345 g/mol. The highest BCUT2D eigenvalue weighted by Crippen LogP contribution is 2.62. The fourth-order valence-corrected chi connectivity index (χ4v) is 5.83. The molecule has 6 unspecified atom stereocenters. The van der Waals surface area contributed by atoms with Crippen molar-refractivity contribution in [1.29, 1.82) is 0 Å².